The normalized spacial score (nSPS) is 11.1. The molecule has 0 unspecified atom stereocenters. The van der Waals surface area contributed by atoms with Crippen molar-refractivity contribution in [3.8, 4) is 16.9 Å². The van der Waals surface area contributed by atoms with Crippen LogP contribution >= 0.6 is 11.6 Å². The minimum atomic E-state index is -0.516. The third-order valence-corrected chi connectivity index (χ3v) is 6.14. The van der Waals surface area contributed by atoms with Crippen LogP contribution in [0.25, 0.3) is 33.9 Å². The molecule has 182 valence electrons. The first kappa shape index (κ1) is 24.0. The van der Waals surface area contributed by atoms with Crippen molar-refractivity contribution >= 4 is 40.4 Å². The molecular formula is C29H22ClN5O2. The van der Waals surface area contributed by atoms with Crippen molar-refractivity contribution in [2.24, 2.45) is 0 Å². The van der Waals surface area contributed by atoms with Crippen molar-refractivity contribution in [1.29, 1.82) is 0 Å². The van der Waals surface area contributed by atoms with Gasteiger partial charge in [0.25, 0.3) is 11.8 Å². The monoisotopic (exact) mass is 507 g/mol. The number of nitrogens with zero attached hydrogens (tertiary/aromatic N) is 3. The number of halogens is 1. The highest BCUT2D eigenvalue weighted by atomic mass is 35.5. The summed E-state index contributed by atoms with van der Waals surface area (Å²) in [7, 11) is 0. The number of rotatable bonds is 5. The number of nitrogens with one attached hydrogen (secondary N) is 2. The summed E-state index contributed by atoms with van der Waals surface area (Å²) in [5.41, 5.74) is 9.65. The van der Waals surface area contributed by atoms with Gasteiger partial charge in [0, 0.05) is 22.6 Å². The van der Waals surface area contributed by atoms with Crippen LogP contribution in [0.1, 0.15) is 21.6 Å². The van der Waals surface area contributed by atoms with Gasteiger partial charge in [-0.15, -0.1) is 0 Å². The molecule has 0 atom stereocenters. The molecule has 2 heterocycles. The number of hydrogen-bond acceptors (Lipinski definition) is 4. The van der Waals surface area contributed by atoms with Crippen LogP contribution in [0.15, 0.2) is 97.1 Å². The minimum absolute atomic E-state index is 0.383. The van der Waals surface area contributed by atoms with E-state index in [0.29, 0.717) is 38.6 Å². The maximum atomic E-state index is 13.1. The molecule has 2 aromatic heterocycles. The van der Waals surface area contributed by atoms with Gasteiger partial charge in [-0.2, -0.15) is 5.10 Å². The van der Waals surface area contributed by atoms with Gasteiger partial charge in [0.15, 0.2) is 0 Å². The van der Waals surface area contributed by atoms with Crippen molar-refractivity contribution < 1.29 is 9.59 Å². The van der Waals surface area contributed by atoms with E-state index in [0.717, 1.165) is 11.3 Å². The molecule has 37 heavy (non-hydrogen) atoms. The summed E-state index contributed by atoms with van der Waals surface area (Å²) in [6.45, 7) is 1.81. The van der Waals surface area contributed by atoms with Crippen molar-refractivity contribution in [3.05, 3.63) is 119 Å². The van der Waals surface area contributed by atoms with E-state index in [1.807, 2.05) is 91.9 Å². The predicted octanol–water partition coefficient (Wildman–Crippen LogP) is 5.52. The second kappa shape index (κ2) is 10.5. The van der Waals surface area contributed by atoms with Gasteiger partial charge in [-0.3, -0.25) is 20.4 Å². The zero-order valence-electron chi connectivity index (χ0n) is 19.9. The summed E-state index contributed by atoms with van der Waals surface area (Å²) in [4.78, 5) is 30.3. The fourth-order valence-electron chi connectivity index (χ4n) is 3.95. The number of amides is 2. The Balaban J connectivity index is 1.33. The van der Waals surface area contributed by atoms with E-state index >= 15 is 0 Å². The zero-order valence-corrected chi connectivity index (χ0v) is 20.6. The third kappa shape index (κ3) is 5.12. The second-order valence-corrected chi connectivity index (χ2v) is 8.61. The number of para-hydroxylation sites is 2. The Morgan fingerprint density at radius 2 is 1.57 bits per heavy atom. The summed E-state index contributed by atoms with van der Waals surface area (Å²) >= 11 is 6.52. The van der Waals surface area contributed by atoms with E-state index in [4.69, 9.17) is 11.6 Å². The standard InChI is InChI=1S/C29H22ClN5O2/c1-19-22(28(30)35(34-19)21-12-6-3-7-13-21)16-17-27(36)32-33-29(37)24-18-26(20-10-4-2-5-11-20)31-25-15-9-8-14-23(24)25/h2-18H,1H3,(H,32,36)(H,33,37). The molecule has 2 N–H and O–H groups in total. The van der Waals surface area contributed by atoms with Gasteiger partial charge in [0.2, 0.25) is 0 Å². The topological polar surface area (TPSA) is 88.9 Å². The highest BCUT2D eigenvalue weighted by molar-refractivity contribution is 6.31. The molecule has 7 nitrogen and oxygen atoms in total. The third-order valence-electron chi connectivity index (χ3n) is 5.78. The van der Waals surface area contributed by atoms with E-state index in [1.54, 1.807) is 16.8 Å². The first-order valence-corrected chi connectivity index (χ1v) is 11.9. The summed E-state index contributed by atoms with van der Waals surface area (Å²) in [5.74, 6) is -0.971. The van der Waals surface area contributed by atoms with Crippen molar-refractivity contribution in [2.75, 3.05) is 0 Å². The maximum Gasteiger partial charge on any atom is 0.270 e. The first-order valence-electron chi connectivity index (χ1n) is 11.6. The van der Waals surface area contributed by atoms with Gasteiger partial charge in [-0.05, 0) is 37.3 Å². The number of hydrazine groups is 1. The highest BCUT2D eigenvalue weighted by Gasteiger charge is 2.15. The average molecular weight is 508 g/mol. The lowest BCUT2D eigenvalue weighted by Gasteiger charge is -2.11. The molecule has 5 rings (SSSR count). The van der Waals surface area contributed by atoms with E-state index in [9.17, 15) is 9.59 Å². The number of aryl methyl sites for hydroxylation is 1. The number of carbonyl (C=O) groups excluding carboxylic acids is 2. The molecule has 0 bridgehead atoms. The lowest BCUT2D eigenvalue weighted by molar-refractivity contribution is -0.117. The summed E-state index contributed by atoms with van der Waals surface area (Å²) in [6.07, 6.45) is 2.87. The molecule has 3 aromatic carbocycles. The van der Waals surface area contributed by atoms with Crippen LogP contribution in [0.4, 0.5) is 0 Å². The molecule has 0 saturated carbocycles. The Morgan fingerprint density at radius 1 is 0.892 bits per heavy atom. The molecule has 5 aromatic rings. The van der Waals surface area contributed by atoms with Gasteiger partial charge in [0.05, 0.1) is 28.2 Å². The van der Waals surface area contributed by atoms with Crippen LogP contribution in [-0.2, 0) is 4.79 Å². The largest absolute Gasteiger partial charge is 0.270 e. The fourth-order valence-corrected chi connectivity index (χ4v) is 4.28. The summed E-state index contributed by atoms with van der Waals surface area (Å²) < 4.78 is 1.61. The van der Waals surface area contributed by atoms with Crippen LogP contribution in [0.5, 0.6) is 0 Å². The molecule has 0 radical (unpaired) electrons. The molecule has 8 heteroatoms. The van der Waals surface area contributed by atoms with Crippen molar-refractivity contribution in [2.45, 2.75) is 6.92 Å². The van der Waals surface area contributed by atoms with Crippen LogP contribution in [-0.4, -0.2) is 26.6 Å². The smallest absolute Gasteiger partial charge is 0.268 e. The van der Waals surface area contributed by atoms with E-state index in [1.165, 1.54) is 6.08 Å². The molecule has 0 spiro atoms. The predicted molar refractivity (Wildman–Crippen MR) is 145 cm³/mol. The summed E-state index contributed by atoms with van der Waals surface area (Å²) in [5, 5.41) is 5.52. The van der Waals surface area contributed by atoms with E-state index in [2.05, 4.69) is 20.9 Å². The van der Waals surface area contributed by atoms with Gasteiger partial charge in [-0.25, -0.2) is 9.67 Å². The molecule has 0 aliphatic heterocycles. The number of fused-ring (bicyclic) bond motifs is 1. The molecule has 0 aliphatic rings. The first-order chi connectivity index (χ1) is 18.0. The Hall–Kier alpha value is -4.75. The van der Waals surface area contributed by atoms with E-state index < -0.39 is 11.8 Å². The molecular weight excluding hydrogens is 486 g/mol. The number of benzene rings is 3. The average Bonchev–Trinajstić information content (AvgIpc) is 3.23. The van der Waals surface area contributed by atoms with Crippen molar-refractivity contribution in [1.82, 2.24) is 25.6 Å². The van der Waals surface area contributed by atoms with Crippen LogP contribution in [0.2, 0.25) is 5.15 Å². The van der Waals surface area contributed by atoms with Crippen LogP contribution < -0.4 is 10.9 Å². The Morgan fingerprint density at radius 3 is 2.32 bits per heavy atom. The Labute approximate surface area is 218 Å². The SMILES string of the molecule is Cc1nn(-c2ccccc2)c(Cl)c1C=CC(=O)NNC(=O)c1cc(-c2ccccc2)nc2ccccc12. The molecule has 0 fully saturated rings. The number of pyridine rings is 1. The molecule has 2 amide bonds. The van der Waals surface area contributed by atoms with Crippen molar-refractivity contribution in [3.63, 3.8) is 0 Å². The lowest BCUT2D eigenvalue weighted by Crippen LogP contribution is -2.40. The minimum Gasteiger partial charge on any atom is -0.268 e. The quantitative estimate of drug-likeness (QED) is 0.242. The summed E-state index contributed by atoms with van der Waals surface area (Å²) in [6, 6.07) is 28.2. The van der Waals surface area contributed by atoms with Gasteiger partial charge >= 0.3 is 0 Å². The van der Waals surface area contributed by atoms with Gasteiger partial charge in [0.1, 0.15) is 5.15 Å². The van der Waals surface area contributed by atoms with Gasteiger partial charge in [-0.1, -0.05) is 78.3 Å². The zero-order chi connectivity index (χ0) is 25.8. The number of carbonyl (C=O) groups is 2. The fraction of sp³-hybridized carbons (Fsp3) is 0.0345. The second-order valence-electron chi connectivity index (χ2n) is 8.25. The van der Waals surface area contributed by atoms with Crippen LogP contribution in [0.3, 0.4) is 0 Å². The maximum absolute atomic E-state index is 13.1. The van der Waals surface area contributed by atoms with Crippen LogP contribution in [0, 0.1) is 6.92 Å². The van der Waals surface area contributed by atoms with Gasteiger partial charge < -0.3 is 0 Å². The highest BCUT2D eigenvalue weighted by Crippen LogP contribution is 2.26. The number of hydrogen-bond donors (Lipinski definition) is 2. The Bertz CT molecular complexity index is 1630. The lowest BCUT2D eigenvalue weighted by atomic mass is 10.0. The number of aromatic nitrogens is 3. The van der Waals surface area contributed by atoms with E-state index in [-0.39, 0.29) is 0 Å². The molecule has 0 aliphatic carbocycles. The Kier molecular flexibility index (Phi) is 6.78. The molecule has 0 saturated heterocycles.